The molecule has 2 atom stereocenters. The number of hydrogen-bond acceptors (Lipinski definition) is 2. The molecule has 3 nitrogen and oxygen atoms in total. The van der Waals surface area contributed by atoms with Gasteiger partial charge in [-0.3, -0.25) is 4.79 Å². The largest absolute Gasteiger partial charge is 0.352 e. The Balaban J connectivity index is 1.60. The van der Waals surface area contributed by atoms with Crippen LogP contribution >= 0.6 is 0 Å². The van der Waals surface area contributed by atoms with Crippen molar-refractivity contribution in [2.24, 2.45) is 0 Å². The van der Waals surface area contributed by atoms with Gasteiger partial charge < -0.3 is 10.6 Å². The molecule has 3 aromatic carbocycles. The van der Waals surface area contributed by atoms with E-state index >= 15 is 0 Å². The summed E-state index contributed by atoms with van der Waals surface area (Å²) in [6.45, 7) is 3.65. The summed E-state index contributed by atoms with van der Waals surface area (Å²) in [4.78, 5) is 11.3. The molecule has 1 aliphatic rings. The number of carbonyl (C=O) groups excluding carboxylic acids is 1. The van der Waals surface area contributed by atoms with Gasteiger partial charge in [0.1, 0.15) is 0 Å². The number of piperidine rings is 1. The molecular formula is C26H26F2N2O. The predicted octanol–water partition coefficient (Wildman–Crippen LogP) is 5.13. The first-order valence-electron chi connectivity index (χ1n) is 10.6. The van der Waals surface area contributed by atoms with Crippen LogP contribution in [0.15, 0.2) is 66.7 Å². The average molecular weight is 421 g/mol. The van der Waals surface area contributed by atoms with E-state index in [0.29, 0.717) is 6.54 Å². The summed E-state index contributed by atoms with van der Waals surface area (Å²) in [5, 5.41) is 6.30. The molecule has 0 radical (unpaired) electrons. The number of halogens is 2. The summed E-state index contributed by atoms with van der Waals surface area (Å²) in [7, 11) is 0. The van der Waals surface area contributed by atoms with Gasteiger partial charge in [-0.1, -0.05) is 54.6 Å². The maximum absolute atomic E-state index is 13.8. The standard InChI is InChI=1S/C26H26F2N2O/c1-17(31)30-15-21-4-2-3-5-22(21)18-6-8-19(9-7-18)24-16-29-13-12-23(24)20-10-11-25(27)26(28)14-20/h2-11,14,23-24,29H,12-13,15-16H2,1H3,(H,30,31)/t23-,24-/m1/s1. The summed E-state index contributed by atoms with van der Waals surface area (Å²) in [5.74, 6) is -1.34. The van der Waals surface area contributed by atoms with Gasteiger partial charge in [0.05, 0.1) is 0 Å². The van der Waals surface area contributed by atoms with E-state index < -0.39 is 11.6 Å². The van der Waals surface area contributed by atoms with E-state index in [-0.39, 0.29) is 17.7 Å². The molecule has 160 valence electrons. The number of benzene rings is 3. The van der Waals surface area contributed by atoms with Gasteiger partial charge >= 0.3 is 0 Å². The summed E-state index contributed by atoms with van der Waals surface area (Å²) >= 11 is 0. The number of nitrogens with one attached hydrogen (secondary N) is 2. The smallest absolute Gasteiger partial charge is 0.217 e. The van der Waals surface area contributed by atoms with Crippen LogP contribution in [0.5, 0.6) is 0 Å². The highest BCUT2D eigenvalue weighted by atomic mass is 19.2. The van der Waals surface area contributed by atoms with Crippen molar-refractivity contribution < 1.29 is 13.6 Å². The van der Waals surface area contributed by atoms with Crippen LogP contribution in [0.25, 0.3) is 11.1 Å². The Labute approximate surface area is 181 Å². The minimum Gasteiger partial charge on any atom is -0.352 e. The van der Waals surface area contributed by atoms with Crippen molar-refractivity contribution in [3.63, 3.8) is 0 Å². The first-order chi connectivity index (χ1) is 15.0. The van der Waals surface area contributed by atoms with Crippen molar-refractivity contribution >= 4 is 5.91 Å². The molecule has 5 heteroatoms. The van der Waals surface area contributed by atoms with Crippen molar-refractivity contribution in [1.29, 1.82) is 0 Å². The molecular weight excluding hydrogens is 394 g/mol. The summed E-state index contributed by atoms with van der Waals surface area (Å²) in [6.07, 6.45) is 0.872. The average Bonchev–Trinajstić information content (AvgIpc) is 2.80. The molecule has 2 N–H and O–H groups in total. The SMILES string of the molecule is CC(=O)NCc1ccccc1-c1ccc([C@H]2CNCC[C@@H]2c2ccc(F)c(F)c2)cc1. The molecule has 0 aliphatic carbocycles. The maximum atomic E-state index is 13.8. The van der Waals surface area contributed by atoms with E-state index in [0.717, 1.165) is 41.8 Å². The van der Waals surface area contributed by atoms with E-state index in [9.17, 15) is 13.6 Å². The van der Waals surface area contributed by atoms with E-state index in [2.05, 4.69) is 41.0 Å². The number of hydrogen-bond donors (Lipinski definition) is 2. The van der Waals surface area contributed by atoms with E-state index in [4.69, 9.17) is 0 Å². The summed E-state index contributed by atoms with van der Waals surface area (Å²) in [5.41, 5.74) is 5.24. The topological polar surface area (TPSA) is 41.1 Å². The lowest BCUT2D eigenvalue weighted by atomic mass is 9.77. The third-order valence-corrected chi connectivity index (χ3v) is 6.05. The number of carbonyl (C=O) groups is 1. The molecule has 4 rings (SSSR count). The van der Waals surface area contributed by atoms with Crippen LogP contribution in [-0.2, 0) is 11.3 Å². The second-order valence-electron chi connectivity index (χ2n) is 8.07. The number of amides is 1. The molecule has 1 saturated heterocycles. The maximum Gasteiger partial charge on any atom is 0.217 e. The third kappa shape index (κ3) is 4.83. The lowest BCUT2D eigenvalue weighted by Crippen LogP contribution is -2.34. The van der Waals surface area contributed by atoms with E-state index in [1.165, 1.54) is 24.6 Å². The molecule has 31 heavy (non-hydrogen) atoms. The van der Waals surface area contributed by atoms with Crippen molar-refractivity contribution in [2.75, 3.05) is 13.1 Å². The van der Waals surface area contributed by atoms with Crippen molar-refractivity contribution in [2.45, 2.75) is 31.7 Å². The molecule has 0 spiro atoms. The van der Waals surface area contributed by atoms with Gasteiger partial charge in [0.25, 0.3) is 0 Å². The zero-order valence-corrected chi connectivity index (χ0v) is 17.5. The lowest BCUT2D eigenvalue weighted by Gasteiger charge is -2.33. The highest BCUT2D eigenvalue weighted by Crippen LogP contribution is 2.38. The molecule has 0 bridgehead atoms. The minimum absolute atomic E-state index is 0.0572. The van der Waals surface area contributed by atoms with Crippen LogP contribution in [0.1, 0.15) is 41.9 Å². The van der Waals surface area contributed by atoms with Gasteiger partial charge in [-0.25, -0.2) is 8.78 Å². The van der Waals surface area contributed by atoms with E-state index in [1.807, 2.05) is 18.2 Å². The van der Waals surface area contributed by atoms with Gasteiger partial charge in [0.15, 0.2) is 11.6 Å². The lowest BCUT2D eigenvalue weighted by molar-refractivity contribution is -0.119. The molecule has 1 aliphatic heterocycles. The Kier molecular flexibility index (Phi) is 6.42. The second kappa shape index (κ2) is 9.40. The second-order valence-corrected chi connectivity index (χ2v) is 8.07. The zero-order chi connectivity index (χ0) is 21.8. The Morgan fingerprint density at radius 2 is 1.71 bits per heavy atom. The Bertz CT molecular complexity index is 1070. The Morgan fingerprint density at radius 3 is 2.45 bits per heavy atom. The monoisotopic (exact) mass is 420 g/mol. The van der Waals surface area contributed by atoms with Gasteiger partial charge in [-0.15, -0.1) is 0 Å². The van der Waals surface area contributed by atoms with Crippen LogP contribution in [0, 0.1) is 11.6 Å². The van der Waals surface area contributed by atoms with Crippen LogP contribution in [0.4, 0.5) is 8.78 Å². The quantitative estimate of drug-likeness (QED) is 0.601. The third-order valence-electron chi connectivity index (χ3n) is 6.05. The predicted molar refractivity (Wildman–Crippen MR) is 119 cm³/mol. The first kappa shape index (κ1) is 21.2. The fourth-order valence-electron chi connectivity index (χ4n) is 4.44. The summed E-state index contributed by atoms with van der Waals surface area (Å²) < 4.78 is 27.3. The normalized spacial score (nSPS) is 18.5. The molecule has 1 amide bonds. The first-order valence-corrected chi connectivity index (χ1v) is 10.6. The molecule has 1 heterocycles. The highest BCUT2D eigenvalue weighted by Gasteiger charge is 2.28. The molecule has 0 aromatic heterocycles. The van der Waals surface area contributed by atoms with Crippen LogP contribution in [0.3, 0.4) is 0 Å². The molecule has 1 fully saturated rings. The van der Waals surface area contributed by atoms with Crippen LogP contribution in [0.2, 0.25) is 0 Å². The van der Waals surface area contributed by atoms with Crippen molar-refractivity contribution in [3.8, 4) is 11.1 Å². The Morgan fingerprint density at radius 1 is 0.968 bits per heavy atom. The molecule has 0 unspecified atom stereocenters. The van der Waals surface area contributed by atoms with Crippen molar-refractivity contribution in [1.82, 2.24) is 10.6 Å². The van der Waals surface area contributed by atoms with Gasteiger partial charge in [-0.05, 0) is 58.8 Å². The van der Waals surface area contributed by atoms with Crippen LogP contribution < -0.4 is 10.6 Å². The zero-order valence-electron chi connectivity index (χ0n) is 17.5. The summed E-state index contributed by atoms with van der Waals surface area (Å²) in [6, 6.07) is 20.7. The van der Waals surface area contributed by atoms with Gasteiger partial charge in [0, 0.05) is 25.9 Å². The molecule has 0 saturated carbocycles. The van der Waals surface area contributed by atoms with Crippen LogP contribution in [-0.4, -0.2) is 19.0 Å². The van der Waals surface area contributed by atoms with Gasteiger partial charge in [-0.2, -0.15) is 0 Å². The highest BCUT2D eigenvalue weighted by molar-refractivity contribution is 5.74. The number of rotatable bonds is 5. The fourth-order valence-corrected chi connectivity index (χ4v) is 4.44. The van der Waals surface area contributed by atoms with Gasteiger partial charge in [0.2, 0.25) is 5.91 Å². The minimum atomic E-state index is -0.809. The Hall–Kier alpha value is -3.05. The van der Waals surface area contributed by atoms with Crippen molar-refractivity contribution in [3.05, 3.63) is 95.1 Å². The fraction of sp³-hybridized carbons (Fsp3) is 0.269. The van der Waals surface area contributed by atoms with E-state index in [1.54, 1.807) is 6.07 Å². The molecule has 3 aromatic rings.